The third-order valence-electron chi connectivity index (χ3n) is 3.77. The number of aromatic amines is 1. The largest absolute Gasteiger partial charge is 0.338 e. The van der Waals surface area contributed by atoms with Gasteiger partial charge in [0, 0.05) is 10.0 Å². The molecular formula is C18H19BrN2. The number of nitrogens with zero attached hydrogens (tertiary/aromatic N) is 1. The van der Waals surface area contributed by atoms with Crippen LogP contribution in [0, 0.1) is 6.92 Å². The third kappa shape index (κ3) is 2.75. The van der Waals surface area contributed by atoms with Gasteiger partial charge in [-0.3, -0.25) is 0 Å². The van der Waals surface area contributed by atoms with Crippen molar-refractivity contribution in [1.29, 1.82) is 0 Å². The summed E-state index contributed by atoms with van der Waals surface area (Å²) in [6.45, 7) is 8.76. The smallest absolute Gasteiger partial charge is 0.138 e. The summed E-state index contributed by atoms with van der Waals surface area (Å²) >= 11 is 3.53. The summed E-state index contributed by atoms with van der Waals surface area (Å²) in [5, 5.41) is 0. The molecule has 2 aromatic carbocycles. The molecule has 1 heterocycles. The second-order valence-corrected chi connectivity index (χ2v) is 7.45. The Morgan fingerprint density at radius 3 is 2.33 bits per heavy atom. The molecule has 0 spiro atoms. The van der Waals surface area contributed by atoms with Crippen molar-refractivity contribution in [2.45, 2.75) is 33.1 Å². The zero-order chi connectivity index (χ0) is 15.2. The topological polar surface area (TPSA) is 28.7 Å². The standard InChI is InChI=1S/C18H19BrN2/c1-11-9-14(19)10-15-16(11)21-17(20-15)12-5-7-13(8-6-12)18(2,3)4/h5-10H,1-4H3,(H,20,21). The lowest BCUT2D eigenvalue weighted by Crippen LogP contribution is -2.10. The van der Waals surface area contributed by atoms with Gasteiger partial charge in [0.15, 0.2) is 0 Å². The van der Waals surface area contributed by atoms with Crippen LogP contribution in [0.5, 0.6) is 0 Å². The summed E-state index contributed by atoms with van der Waals surface area (Å²) in [7, 11) is 0. The van der Waals surface area contributed by atoms with Crippen LogP contribution in [0.3, 0.4) is 0 Å². The van der Waals surface area contributed by atoms with E-state index in [2.05, 4.69) is 85.0 Å². The van der Waals surface area contributed by atoms with Crippen LogP contribution >= 0.6 is 15.9 Å². The van der Waals surface area contributed by atoms with Crippen molar-refractivity contribution < 1.29 is 0 Å². The first kappa shape index (κ1) is 14.3. The third-order valence-corrected chi connectivity index (χ3v) is 4.22. The molecule has 3 heteroatoms. The Morgan fingerprint density at radius 2 is 1.71 bits per heavy atom. The monoisotopic (exact) mass is 342 g/mol. The first-order valence-electron chi connectivity index (χ1n) is 7.11. The van der Waals surface area contributed by atoms with E-state index in [9.17, 15) is 0 Å². The highest BCUT2D eigenvalue weighted by atomic mass is 79.9. The molecule has 0 fully saturated rings. The number of aryl methyl sites for hydroxylation is 1. The number of H-pyrrole nitrogens is 1. The number of nitrogens with one attached hydrogen (secondary N) is 1. The molecule has 3 aromatic rings. The average molecular weight is 343 g/mol. The van der Waals surface area contributed by atoms with Crippen molar-refractivity contribution in [1.82, 2.24) is 9.97 Å². The molecule has 0 aliphatic heterocycles. The van der Waals surface area contributed by atoms with Gasteiger partial charge < -0.3 is 4.98 Å². The molecule has 3 rings (SSSR count). The number of aromatic nitrogens is 2. The summed E-state index contributed by atoms with van der Waals surface area (Å²) in [4.78, 5) is 8.15. The minimum absolute atomic E-state index is 0.174. The number of hydrogen-bond acceptors (Lipinski definition) is 1. The number of benzene rings is 2. The van der Waals surface area contributed by atoms with Gasteiger partial charge in [-0.1, -0.05) is 61.0 Å². The van der Waals surface area contributed by atoms with E-state index in [-0.39, 0.29) is 5.41 Å². The molecule has 2 nitrogen and oxygen atoms in total. The zero-order valence-electron chi connectivity index (χ0n) is 12.8. The van der Waals surface area contributed by atoms with Crippen molar-refractivity contribution in [3.8, 4) is 11.4 Å². The Hall–Kier alpha value is -1.61. The Bertz CT molecular complexity index is 792. The van der Waals surface area contributed by atoms with Gasteiger partial charge in [0.25, 0.3) is 0 Å². The van der Waals surface area contributed by atoms with E-state index in [1.807, 2.05) is 0 Å². The van der Waals surface area contributed by atoms with Gasteiger partial charge in [0.2, 0.25) is 0 Å². The van der Waals surface area contributed by atoms with Crippen LogP contribution in [0.15, 0.2) is 40.9 Å². The van der Waals surface area contributed by atoms with Crippen LogP contribution in [-0.2, 0) is 5.41 Å². The molecule has 0 amide bonds. The molecule has 0 atom stereocenters. The fraction of sp³-hybridized carbons (Fsp3) is 0.278. The molecular weight excluding hydrogens is 324 g/mol. The van der Waals surface area contributed by atoms with E-state index >= 15 is 0 Å². The van der Waals surface area contributed by atoms with E-state index < -0.39 is 0 Å². The highest BCUT2D eigenvalue weighted by molar-refractivity contribution is 9.10. The van der Waals surface area contributed by atoms with Crippen LogP contribution in [0.25, 0.3) is 22.4 Å². The van der Waals surface area contributed by atoms with Gasteiger partial charge in [-0.15, -0.1) is 0 Å². The second kappa shape index (κ2) is 4.99. The van der Waals surface area contributed by atoms with Gasteiger partial charge in [0.1, 0.15) is 5.82 Å². The molecule has 0 radical (unpaired) electrons. The lowest BCUT2D eigenvalue weighted by molar-refractivity contribution is 0.590. The van der Waals surface area contributed by atoms with Crippen molar-refractivity contribution in [3.63, 3.8) is 0 Å². The minimum Gasteiger partial charge on any atom is -0.338 e. The molecule has 0 saturated carbocycles. The number of halogens is 1. The summed E-state index contributed by atoms with van der Waals surface area (Å²) in [6.07, 6.45) is 0. The summed E-state index contributed by atoms with van der Waals surface area (Å²) in [5.41, 5.74) is 5.91. The van der Waals surface area contributed by atoms with E-state index in [1.165, 1.54) is 11.1 Å². The van der Waals surface area contributed by atoms with Gasteiger partial charge in [-0.25, -0.2) is 4.98 Å². The Kier molecular flexibility index (Phi) is 3.40. The SMILES string of the molecule is Cc1cc(Br)cc2[nH]c(-c3ccc(C(C)(C)C)cc3)nc12. The second-order valence-electron chi connectivity index (χ2n) is 6.53. The van der Waals surface area contributed by atoms with Gasteiger partial charge in [0.05, 0.1) is 11.0 Å². The highest BCUT2D eigenvalue weighted by Gasteiger charge is 2.14. The molecule has 1 aromatic heterocycles. The van der Waals surface area contributed by atoms with Gasteiger partial charge in [-0.2, -0.15) is 0 Å². The first-order valence-corrected chi connectivity index (χ1v) is 7.91. The van der Waals surface area contributed by atoms with E-state index in [0.717, 1.165) is 26.9 Å². The van der Waals surface area contributed by atoms with Crippen LogP contribution in [0.2, 0.25) is 0 Å². The van der Waals surface area contributed by atoms with Crippen molar-refractivity contribution in [2.75, 3.05) is 0 Å². The van der Waals surface area contributed by atoms with Gasteiger partial charge >= 0.3 is 0 Å². The lowest BCUT2D eigenvalue weighted by atomic mass is 9.87. The molecule has 0 unspecified atom stereocenters. The molecule has 0 aliphatic rings. The van der Waals surface area contributed by atoms with Gasteiger partial charge in [-0.05, 0) is 35.6 Å². The molecule has 0 bridgehead atoms. The number of imidazole rings is 1. The summed E-state index contributed by atoms with van der Waals surface area (Å²) < 4.78 is 1.07. The quantitative estimate of drug-likeness (QED) is 0.612. The van der Waals surface area contributed by atoms with Crippen LogP contribution in [0.1, 0.15) is 31.9 Å². The Labute approximate surface area is 133 Å². The van der Waals surface area contributed by atoms with Crippen LogP contribution < -0.4 is 0 Å². The number of rotatable bonds is 1. The minimum atomic E-state index is 0.174. The van der Waals surface area contributed by atoms with E-state index in [4.69, 9.17) is 4.98 Å². The fourth-order valence-electron chi connectivity index (χ4n) is 2.51. The maximum Gasteiger partial charge on any atom is 0.138 e. The predicted octanol–water partition coefficient (Wildman–Crippen LogP) is 5.60. The molecule has 0 saturated heterocycles. The average Bonchev–Trinajstić information content (AvgIpc) is 2.82. The van der Waals surface area contributed by atoms with Crippen LogP contribution in [0.4, 0.5) is 0 Å². The predicted molar refractivity (Wildman–Crippen MR) is 92.7 cm³/mol. The molecule has 0 aliphatic carbocycles. The van der Waals surface area contributed by atoms with E-state index in [0.29, 0.717) is 0 Å². The molecule has 1 N–H and O–H groups in total. The lowest BCUT2D eigenvalue weighted by Gasteiger charge is -2.18. The van der Waals surface area contributed by atoms with Crippen molar-refractivity contribution in [3.05, 3.63) is 52.0 Å². The van der Waals surface area contributed by atoms with Crippen molar-refractivity contribution >= 4 is 27.0 Å². The summed E-state index contributed by atoms with van der Waals surface area (Å²) in [5.74, 6) is 0.923. The zero-order valence-corrected chi connectivity index (χ0v) is 14.4. The number of fused-ring (bicyclic) bond motifs is 1. The molecule has 21 heavy (non-hydrogen) atoms. The Balaban J connectivity index is 2.06. The maximum absolute atomic E-state index is 4.74. The summed E-state index contributed by atoms with van der Waals surface area (Å²) in [6, 6.07) is 12.8. The van der Waals surface area contributed by atoms with E-state index in [1.54, 1.807) is 0 Å². The fourth-order valence-corrected chi connectivity index (χ4v) is 3.08. The highest BCUT2D eigenvalue weighted by Crippen LogP contribution is 2.28. The molecule has 108 valence electrons. The van der Waals surface area contributed by atoms with Crippen LogP contribution in [-0.4, -0.2) is 9.97 Å². The normalized spacial score (nSPS) is 12.0. The Morgan fingerprint density at radius 1 is 1.05 bits per heavy atom. The van der Waals surface area contributed by atoms with Crippen molar-refractivity contribution in [2.24, 2.45) is 0 Å². The maximum atomic E-state index is 4.74. The first-order chi connectivity index (χ1) is 9.84. The number of hydrogen-bond donors (Lipinski definition) is 1.